The van der Waals surface area contributed by atoms with Gasteiger partial charge in [0.15, 0.2) is 23.0 Å². The van der Waals surface area contributed by atoms with Crippen LogP contribution < -0.4 is 18.9 Å². The molecule has 26 heavy (non-hydrogen) atoms. The molecule has 1 unspecified atom stereocenters. The monoisotopic (exact) mass is 348 g/mol. The molecule has 0 spiro atoms. The van der Waals surface area contributed by atoms with Crippen LogP contribution in [0.3, 0.4) is 0 Å². The third-order valence-corrected chi connectivity index (χ3v) is 4.72. The second-order valence-corrected chi connectivity index (χ2v) is 6.07. The summed E-state index contributed by atoms with van der Waals surface area (Å²) >= 11 is 0. The maximum atomic E-state index is 6.17. The van der Waals surface area contributed by atoms with Gasteiger partial charge in [0.05, 0.1) is 21.3 Å². The zero-order valence-electron chi connectivity index (χ0n) is 15.0. The fourth-order valence-corrected chi connectivity index (χ4v) is 3.51. The van der Waals surface area contributed by atoms with Gasteiger partial charge in [-0.2, -0.15) is 0 Å². The lowest BCUT2D eigenvalue weighted by atomic mass is 9.82. The van der Waals surface area contributed by atoms with E-state index in [9.17, 15) is 0 Å². The third-order valence-electron chi connectivity index (χ3n) is 4.72. The van der Waals surface area contributed by atoms with Gasteiger partial charge in [-0.3, -0.25) is 0 Å². The van der Waals surface area contributed by atoms with E-state index in [1.165, 1.54) is 0 Å². The molecule has 0 saturated heterocycles. The van der Waals surface area contributed by atoms with E-state index < -0.39 is 0 Å². The molecule has 0 radical (unpaired) electrons. The smallest absolute Gasteiger partial charge is 0.173 e. The average Bonchev–Trinajstić information content (AvgIpc) is 2.71. The SMILES string of the molecule is COc1ccc(C2c3ccccc3Oc3c(OC)cccc32)cc1OC. The molecule has 1 aliphatic heterocycles. The van der Waals surface area contributed by atoms with Gasteiger partial charge in [0.1, 0.15) is 5.75 Å². The molecule has 4 nitrogen and oxygen atoms in total. The molecule has 0 aliphatic carbocycles. The highest BCUT2D eigenvalue weighted by molar-refractivity contribution is 5.63. The number of rotatable bonds is 4. The Kier molecular flexibility index (Phi) is 4.17. The fraction of sp³-hybridized carbons (Fsp3) is 0.182. The molecule has 1 heterocycles. The minimum absolute atomic E-state index is 0.0184. The highest BCUT2D eigenvalue weighted by Gasteiger charge is 2.31. The van der Waals surface area contributed by atoms with E-state index in [1.807, 2.05) is 42.5 Å². The Hall–Kier alpha value is -3.14. The van der Waals surface area contributed by atoms with Crippen molar-refractivity contribution in [2.45, 2.75) is 5.92 Å². The molecule has 4 heteroatoms. The van der Waals surface area contributed by atoms with Crippen molar-refractivity contribution in [3.8, 4) is 28.7 Å². The van der Waals surface area contributed by atoms with Crippen molar-refractivity contribution in [2.75, 3.05) is 21.3 Å². The lowest BCUT2D eigenvalue weighted by Gasteiger charge is -2.29. The third kappa shape index (κ3) is 2.54. The molecule has 0 aromatic heterocycles. The van der Waals surface area contributed by atoms with Crippen LogP contribution in [0.25, 0.3) is 0 Å². The first kappa shape index (κ1) is 16.3. The fourth-order valence-electron chi connectivity index (χ4n) is 3.51. The van der Waals surface area contributed by atoms with Crippen molar-refractivity contribution >= 4 is 0 Å². The lowest BCUT2D eigenvalue weighted by Crippen LogP contribution is -2.12. The predicted octanol–water partition coefficient (Wildman–Crippen LogP) is 5.00. The van der Waals surface area contributed by atoms with Crippen molar-refractivity contribution in [3.05, 3.63) is 77.4 Å². The molecule has 0 bridgehead atoms. The van der Waals surface area contributed by atoms with Gasteiger partial charge >= 0.3 is 0 Å². The minimum Gasteiger partial charge on any atom is -0.493 e. The average molecular weight is 348 g/mol. The Morgan fingerprint density at radius 3 is 2.19 bits per heavy atom. The van der Waals surface area contributed by atoms with E-state index in [-0.39, 0.29) is 5.92 Å². The highest BCUT2D eigenvalue weighted by Crippen LogP contribution is 2.51. The Bertz CT molecular complexity index is 949. The van der Waals surface area contributed by atoms with Crippen LogP contribution in [0.1, 0.15) is 22.6 Å². The van der Waals surface area contributed by atoms with E-state index in [2.05, 4.69) is 18.2 Å². The van der Waals surface area contributed by atoms with Gasteiger partial charge in [0, 0.05) is 17.0 Å². The summed E-state index contributed by atoms with van der Waals surface area (Å²) in [6.07, 6.45) is 0. The number of fused-ring (bicyclic) bond motifs is 2. The number of ether oxygens (including phenoxy) is 4. The Balaban J connectivity index is 1.94. The van der Waals surface area contributed by atoms with Gasteiger partial charge in [-0.25, -0.2) is 0 Å². The summed E-state index contributed by atoms with van der Waals surface area (Å²) < 4.78 is 22.6. The van der Waals surface area contributed by atoms with E-state index in [0.717, 1.165) is 33.9 Å². The second-order valence-electron chi connectivity index (χ2n) is 6.07. The van der Waals surface area contributed by atoms with Crippen molar-refractivity contribution in [3.63, 3.8) is 0 Å². The van der Waals surface area contributed by atoms with Gasteiger partial charge in [-0.1, -0.05) is 36.4 Å². The standard InChI is InChI=1S/C22H20O4/c1-23-18-12-11-14(13-20(18)25-3)21-15-7-4-5-9-17(15)26-22-16(21)8-6-10-19(22)24-2/h4-13,21H,1-3H3. The molecule has 0 amide bonds. The summed E-state index contributed by atoms with van der Waals surface area (Å²) in [5, 5.41) is 0. The van der Waals surface area contributed by atoms with Crippen LogP contribution in [0.5, 0.6) is 28.7 Å². The molecule has 0 fully saturated rings. The summed E-state index contributed by atoms with van der Waals surface area (Å²) in [5.74, 6) is 3.76. The molecule has 0 saturated carbocycles. The topological polar surface area (TPSA) is 36.9 Å². The largest absolute Gasteiger partial charge is 0.493 e. The number of para-hydroxylation sites is 2. The predicted molar refractivity (Wildman–Crippen MR) is 100 cm³/mol. The molecule has 1 atom stereocenters. The van der Waals surface area contributed by atoms with Gasteiger partial charge in [0.25, 0.3) is 0 Å². The first-order valence-electron chi connectivity index (χ1n) is 8.42. The van der Waals surface area contributed by atoms with E-state index in [4.69, 9.17) is 18.9 Å². The van der Waals surface area contributed by atoms with Crippen molar-refractivity contribution in [2.24, 2.45) is 0 Å². The number of benzene rings is 3. The molecular formula is C22H20O4. The molecule has 0 N–H and O–H groups in total. The summed E-state index contributed by atoms with van der Waals surface area (Å²) in [4.78, 5) is 0. The van der Waals surface area contributed by atoms with Crippen LogP contribution in [0.15, 0.2) is 60.7 Å². The quantitative estimate of drug-likeness (QED) is 0.520. The van der Waals surface area contributed by atoms with E-state index in [1.54, 1.807) is 21.3 Å². The normalized spacial score (nSPS) is 14.7. The minimum atomic E-state index is 0.0184. The summed E-state index contributed by atoms with van der Waals surface area (Å²) in [5.41, 5.74) is 3.28. The number of hydrogen-bond donors (Lipinski definition) is 0. The zero-order valence-corrected chi connectivity index (χ0v) is 15.0. The lowest BCUT2D eigenvalue weighted by molar-refractivity contribution is 0.354. The molecule has 4 rings (SSSR count). The van der Waals surface area contributed by atoms with Crippen LogP contribution in [0, 0.1) is 0 Å². The molecular weight excluding hydrogens is 328 g/mol. The van der Waals surface area contributed by atoms with Crippen LogP contribution in [0.4, 0.5) is 0 Å². The van der Waals surface area contributed by atoms with Crippen LogP contribution in [-0.4, -0.2) is 21.3 Å². The summed E-state index contributed by atoms with van der Waals surface area (Å²) in [6, 6.07) is 20.1. The maximum absolute atomic E-state index is 6.17. The van der Waals surface area contributed by atoms with Gasteiger partial charge in [0.2, 0.25) is 0 Å². The first-order chi connectivity index (χ1) is 12.8. The second kappa shape index (κ2) is 6.64. The van der Waals surface area contributed by atoms with Crippen LogP contribution in [0.2, 0.25) is 0 Å². The summed E-state index contributed by atoms with van der Waals surface area (Å²) in [6.45, 7) is 0. The maximum Gasteiger partial charge on any atom is 0.173 e. The van der Waals surface area contributed by atoms with Crippen LogP contribution in [-0.2, 0) is 0 Å². The van der Waals surface area contributed by atoms with Crippen molar-refractivity contribution in [1.82, 2.24) is 0 Å². The molecule has 3 aromatic rings. The van der Waals surface area contributed by atoms with Crippen LogP contribution >= 0.6 is 0 Å². The first-order valence-corrected chi connectivity index (χ1v) is 8.42. The zero-order chi connectivity index (χ0) is 18.1. The Morgan fingerprint density at radius 2 is 1.42 bits per heavy atom. The van der Waals surface area contributed by atoms with Gasteiger partial charge in [-0.15, -0.1) is 0 Å². The Morgan fingerprint density at radius 1 is 0.692 bits per heavy atom. The number of hydrogen-bond acceptors (Lipinski definition) is 4. The van der Waals surface area contributed by atoms with Crippen molar-refractivity contribution < 1.29 is 18.9 Å². The Labute approximate surface area is 152 Å². The molecule has 132 valence electrons. The van der Waals surface area contributed by atoms with Gasteiger partial charge < -0.3 is 18.9 Å². The van der Waals surface area contributed by atoms with Gasteiger partial charge in [-0.05, 0) is 29.8 Å². The summed E-state index contributed by atoms with van der Waals surface area (Å²) in [7, 11) is 4.95. The molecule has 1 aliphatic rings. The highest BCUT2D eigenvalue weighted by atomic mass is 16.5. The molecule has 3 aromatic carbocycles. The van der Waals surface area contributed by atoms with Crippen molar-refractivity contribution in [1.29, 1.82) is 0 Å². The van der Waals surface area contributed by atoms with E-state index in [0.29, 0.717) is 11.5 Å². The van der Waals surface area contributed by atoms with E-state index >= 15 is 0 Å². The number of methoxy groups -OCH3 is 3.